The first-order chi connectivity index (χ1) is 14.6. The Bertz CT molecular complexity index is 958. The van der Waals surface area contributed by atoms with Gasteiger partial charge in [0.05, 0.1) is 12.1 Å². The molecule has 3 heterocycles. The van der Waals surface area contributed by atoms with Crippen molar-refractivity contribution in [2.24, 2.45) is 0 Å². The third-order valence-electron chi connectivity index (χ3n) is 6.31. The van der Waals surface area contributed by atoms with Crippen LogP contribution in [0.2, 0.25) is 5.02 Å². The number of piperidine rings is 1. The number of urea groups is 1. The normalized spacial score (nSPS) is 24.1. The van der Waals surface area contributed by atoms with Crippen molar-refractivity contribution in [3.63, 3.8) is 0 Å². The molecule has 2 aromatic carbocycles. The minimum atomic E-state index is -0.102. The number of hydrogen-bond acceptors (Lipinski definition) is 3. The van der Waals surface area contributed by atoms with Crippen LogP contribution in [0.25, 0.3) is 11.1 Å². The molecule has 0 bridgehead atoms. The number of nitrogens with zero attached hydrogens (tertiary/aromatic N) is 2. The van der Waals surface area contributed by atoms with Crippen LogP contribution >= 0.6 is 11.6 Å². The number of hydrogen-bond donors (Lipinski definition) is 1. The van der Waals surface area contributed by atoms with Gasteiger partial charge >= 0.3 is 6.03 Å². The number of nitrogens with one attached hydrogen (secondary N) is 1. The topological polar surface area (TPSA) is 61.9 Å². The van der Waals surface area contributed by atoms with E-state index in [2.05, 4.69) is 29.6 Å². The number of benzene rings is 2. The first kappa shape index (κ1) is 19.4. The summed E-state index contributed by atoms with van der Waals surface area (Å²) in [6.45, 7) is 2.75. The monoisotopic (exact) mass is 425 g/mol. The second kappa shape index (κ2) is 7.93. The first-order valence-corrected chi connectivity index (χ1v) is 10.8. The van der Waals surface area contributed by atoms with Crippen LogP contribution in [0.3, 0.4) is 0 Å². The number of rotatable bonds is 2. The van der Waals surface area contributed by atoms with Gasteiger partial charge in [0.1, 0.15) is 6.61 Å². The van der Waals surface area contributed by atoms with Crippen molar-refractivity contribution >= 4 is 23.5 Å². The molecular formula is C23H24ClN3O3. The largest absolute Gasteiger partial charge is 0.366 e. The summed E-state index contributed by atoms with van der Waals surface area (Å²) in [4.78, 5) is 28.2. The highest BCUT2D eigenvalue weighted by molar-refractivity contribution is 6.33. The minimum absolute atomic E-state index is 0.0209. The van der Waals surface area contributed by atoms with Gasteiger partial charge in [-0.15, -0.1) is 0 Å². The van der Waals surface area contributed by atoms with E-state index < -0.39 is 0 Å². The zero-order chi connectivity index (χ0) is 20.7. The molecule has 3 amide bonds. The van der Waals surface area contributed by atoms with Crippen LogP contribution in [0, 0.1) is 0 Å². The molecule has 0 spiro atoms. The summed E-state index contributed by atoms with van der Waals surface area (Å²) >= 11 is 6.30. The van der Waals surface area contributed by atoms with Gasteiger partial charge < -0.3 is 19.9 Å². The summed E-state index contributed by atoms with van der Waals surface area (Å²) in [5.41, 5.74) is 3.36. The molecule has 30 heavy (non-hydrogen) atoms. The van der Waals surface area contributed by atoms with Gasteiger partial charge in [-0.05, 0) is 23.6 Å². The third kappa shape index (κ3) is 3.66. The van der Waals surface area contributed by atoms with Gasteiger partial charge in [0.15, 0.2) is 0 Å². The van der Waals surface area contributed by atoms with Gasteiger partial charge in [-0.25, -0.2) is 4.79 Å². The number of amides is 3. The Labute approximate surface area is 180 Å². The molecule has 2 unspecified atom stereocenters. The number of ether oxygens (including phenoxy) is 1. The molecule has 156 valence electrons. The van der Waals surface area contributed by atoms with Gasteiger partial charge in [0.25, 0.3) is 0 Å². The van der Waals surface area contributed by atoms with Crippen LogP contribution in [-0.4, -0.2) is 66.7 Å². The average molecular weight is 426 g/mol. The number of carbonyl (C=O) groups excluding carboxylic acids is 2. The summed E-state index contributed by atoms with van der Waals surface area (Å²) < 4.78 is 5.57. The van der Waals surface area contributed by atoms with Crippen LogP contribution in [-0.2, 0) is 9.53 Å². The van der Waals surface area contributed by atoms with Crippen molar-refractivity contribution in [1.29, 1.82) is 0 Å². The SMILES string of the molecule is O=C1COC2CCN(C(=O)N3CC(c4ccc(-c5ccccc5Cl)cc4)C3)CC2N1. The first-order valence-electron chi connectivity index (χ1n) is 10.4. The van der Waals surface area contributed by atoms with E-state index in [0.29, 0.717) is 19.0 Å². The lowest BCUT2D eigenvalue weighted by Crippen LogP contribution is -2.63. The van der Waals surface area contributed by atoms with Crippen LogP contribution in [0.4, 0.5) is 4.79 Å². The van der Waals surface area contributed by atoms with E-state index in [9.17, 15) is 9.59 Å². The molecule has 3 fully saturated rings. The molecule has 6 nitrogen and oxygen atoms in total. The van der Waals surface area contributed by atoms with Crippen molar-refractivity contribution in [2.75, 3.05) is 32.8 Å². The predicted octanol–water partition coefficient (Wildman–Crippen LogP) is 3.12. The van der Waals surface area contributed by atoms with E-state index in [-0.39, 0.29) is 30.7 Å². The molecule has 0 saturated carbocycles. The number of carbonyl (C=O) groups is 2. The van der Waals surface area contributed by atoms with E-state index in [4.69, 9.17) is 16.3 Å². The predicted molar refractivity (Wildman–Crippen MR) is 114 cm³/mol. The summed E-state index contributed by atoms with van der Waals surface area (Å²) in [7, 11) is 0. The zero-order valence-corrected chi connectivity index (χ0v) is 17.3. The maximum atomic E-state index is 12.9. The second-order valence-electron chi connectivity index (χ2n) is 8.24. The fourth-order valence-corrected chi connectivity index (χ4v) is 4.79. The maximum absolute atomic E-state index is 12.9. The highest BCUT2D eigenvalue weighted by Crippen LogP contribution is 2.32. The molecule has 3 saturated heterocycles. The Morgan fingerprint density at radius 3 is 2.57 bits per heavy atom. The Morgan fingerprint density at radius 2 is 1.80 bits per heavy atom. The highest BCUT2D eigenvalue weighted by atomic mass is 35.5. The number of fused-ring (bicyclic) bond motifs is 1. The molecule has 3 aliphatic rings. The van der Waals surface area contributed by atoms with Crippen LogP contribution in [0.5, 0.6) is 0 Å². The molecule has 0 aromatic heterocycles. The van der Waals surface area contributed by atoms with Gasteiger partial charge in [0, 0.05) is 42.7 Å². The van der Waals surface area contributed by atoms with E-state index in [0.717, 1.165) is 35.7 Å². The minimum Gasteiger partial charge on any atom is -0.366 e. The van der Waals surface area contributed by atoms with Crippen molar-refractivity contribution in [1.82, 2.24) is 15.1 Å². The van der Waals surface area contributed by atoms with Gasteiger partial charge in [0.2, 0.25) is 5.91 Å². The van der Waals surface area contributed by atoms with Crippen molar-refractivity contribution in [3.8, 4) is 11.1 Å². The van der Waals surface area contributed by atoms with Crippen LogP contribution < -0.4 is 5.32 Å². The van der Waals surface area contributed by atoms with Crippen molar-refractivity contribution in [2.45, 2.75) is 24.5 Å². The molecule has 1 N–H and O–H groups in total. The zero-order valence-electron chi connectivity index (χ0n) is 16.6. The lowest BCUT2D eigenvalue weighted by Gasteiger charge is -2.46. The van der Waals surface area contributed by atoms with Crippen LogP contribution in [0.1, 0.15) is 17.9 Å². The molecule has 5 rings (SSSR count). The van der Waals surface area contributed by atoms with Gasteiger partial charge in [-0.2, -0.15) is 0 Å². The molecule has 3 aliphatic heterocycles. The summed E-state index contributed by atoms with van der Waals surface area (Å²) in [6.07, 6.45) is 0.782. The number of halogens is 1. The van der Waals surface area contributed by atoms with Crippen molar-refractivity contribution in [3.05, 3.63) is 59.1 Å². The Balaban J connectivity index is 1.18. The third-order valence-corrected chi connectivity index (χ3v) is 6.64. The Morgan fingerprint density at radius 1 is 1.03 bits per heavy atom. The lowest BCUT2D eigenvalue weighted by molar-refractivity contribution is -0.139. The molecule has 0 radical (unpaired) electrons. The molecule has 2 aromatic rings. The average Bonchev–Trinajstić information content (AvgIpc) is 2.73. The lowest BCUT2D eigenvalue weighted by atomic mass is 9.90. The summed E-state index contributed by atoms with van der Waals surface area (Å²) in [5.74, 6) is 0.249. The van der Waals surface area contributed by atoms with E-state index >= 15 is 0 Å². The second-order valence-corrected chi connectivity index (χ2v) is 8.65. The van der Waals surface area contributed by atoms with E-state index in [1.54, 1.807) is 0 Å². The van der Waals surface area contributed by atoms with Crippen LogP contribution in [0.15, 0.2) is 48.5 Å². The molecule has 2 atom stereocenters. The molecular weight excluding hydrogens is 402 g/mol. The van der Waals surface area contributed by atoms with E-state index in [1.165, 1.54) is 5.56 Å². The number of morpholine rings is 1. The quantitative estimate of drug-likeness (QED) is 0.804. The maximum Gasteiger partial charge on any atom is 0.320 e. The van der Waals surface area contributed by atoms with E-state index in [1.807, 2.05) is 34.1 Å². The molecule has 7 heteroatoms. The summed E-state index contributed by atoms with van der Waals surface area (Å²) in [5, 5.41) is 3.69. The Kier molecular flexibility index (Phi) is 5.13. The number of likely N-dealkylation sites (tertiary alicyclic amines) is 2. The Hall–Kier alpha value is -2.57. The fourth-order valence-electron chi connectivity index (χ4n) is 4.55. The summed E-state index contributed by atoms with van der Waals surface area (Å²) in [6, 6.07) is 16.2. The fraction of sp³-hybridized carbons (Fsp3) is 0.391. The molecule has 0 aliphatic carbocycles. The smallest absolute Gasteiger partial charge is 0.320 e. The highest BCUT2D eigenvalue weighted by Gasteiger charge is 2.40. The van der Waals surface area contributed by atoms with Crippen molar-refractivity contribution < 1.29 is 14.3 Å². The van der Waals surface area contributed by atoms with Gasteiger partial charge in [-0.1, -0.05) is 54.1 Å². The van der Waals surface area contributed by atoms with Gasteiger partial charge in [-0.3, -0.25) is 4.79 Å². The standard InChI is InChI=1S/C23H24ClN3O3/c24-19-4-2-1-3-18(19)16-7-5-15(6-8-16)17-11-27(12-17)23(29)26-10-9-21-20(13-26)25-22(28)14-30-21/h1-8,17,20-21H,9-14H2,(H,25,28).